The van der Waals surface area contributed by atoms with Crippen molar-refractivity contribution in [2.45, 2.75) is 16.7 Å². The van der Waals surface area contributed by atoms with Crippen molar-refractivity contribution in [3.63, 3.8) is 0 Å². The summed E-state index contributed by atoms with van der Waals surface area (Å²) in [6.07, 6.45) is 3.13. The Morgan fingerprint density at radius 1 is 1.03 bits per heavy atom. The van der Waals surface area contributed by atoms with Crippen molar-refractivity contribution < 1.29 is 9.53 Å². The summed E-state index contributed by atoms with van der Waals surface area (Å²) >= 11 is 1.64. The summed E-state index contributed by atoms with van der Waals surface area (Å²) in [5.74, 6) is 0.409. The molecule has 0 saturated heterocycles. The van der Waals surface area contributed by atoms with E-state index < -0.39 is 0 Å². The zero-order valence-electron chi connectivity index (χ0n) is 18.1. The van der Waals surface area contributed by atoms with Crippen LogP contribution in [-0.2, 0) is 4.79 Å². The predicted molar refractivity (Wildman–Crippen MR) is 133 cm³/mol. The summed E-state index contributed by atoms with van der Waals surface area (Å²) in [6.45, 7) is 1.90. The third-order valence-electron chi connectivity index (χ3n) is 5.45. The maximum absolute atomic E-state index is 12.8. The molecule has 2 N–H and O–H groups in total. The first-order chi connectivity index (χ1) is 16.0. The number of anilines is 2. The Balaban J connectivity index is 1.52. The Hall–Kier alpha value is -3.97. The highest BCUT2D eigenvalue weighted by Gasteiger charge is 2.19. The number of hydrogen-bond donors (Lipinski definition) is 2. The van der Waals surface area contributed by atoms with Gasteiger partial charge < -0.3 is 10.1 Å². The van der Waals surface area contributed by atoms with Crippen molar-refractivity contribution >= 4 is 46.0 Å². The van der Waals surface area contributed by atoms with Crippen LogP contribution in [0.3, 0.4) is 0 Å². The SMILES string of the molecule is COc1ccc2c(c1)Sc1cc3c(C)cc(=O)n(NC(=O)/C=C/c4ccccc4)c3cc1N2. The fraction of sp³-hybridized carbons (Fsp3) is 0.0769. The average molecular weight is 456 g/mol. The summed E-state index contributed by atoms with van der Waals surface area (Å²) < 4.78 is 6.65. The maximum Gasteiger partial charge on any atom is 0.270 e. The molecule has 0 fully saturated rings. The van der Waals surface area contributed by atoms with Crippen LogP contribution in [0.15, 0.2) is 87.4 Å². The molecule has 0 bridgehead atoms. The zero-order valence-corrected chi connectivity index (χ0v) is 18.9. The van der Waals surface area contributed by atoms with Crippen molar-refractivity contribution in [1.82, 2.24) is 4.68 Å². The van der Waals surface area contributed by atoms with Crippen molar-refractivity contribution in [2.24, 2.45) is 0 Å². The van der Waals surface area contributed by atoms with E-state index in [0.717, 1.165) is 43.4 Å². The lowest BCUT2D eigenvalue weighted by molar-refractivity contribution is -0.112. The highest BCUT2D eigenvalue weighted by atomic mass is 32.2. The van der Waals surface area contributed by atoms with E-state index in [2.05, 4.69) is 10.7 Å². The molecule has 6 nitrogen and oxygen atoms in total. The van der Waals surface area contributed by atoms with E-state index in [1.165, 1.54) is 16.8 Å². The van der Waals surface area contributed by atoms with Crippen LogP contribution in [0.5, 0.6) is 5.75 Å². The Bertz CT molecular complexity index is 1480. The minimum atomic E-state index is -0.386. The number of hydrogen-bond acceptors (Lipinski definition) is 5. The summed E-state index contributed by atoms with van der Waals surface area (Å²) in [7, 11) is 1.65. The standard InChI is InChI=1S/C26H21N3O3S/c1-16-12-26(31)29(28-25(30)11-8-17-6-4-3-5-7-17)22-15-21-24(14-19(16)22)33-23-13-18(32-2)9-10-20(23)27-21/h3-15,27H,1-2H3,(H,28,30)/b11-8+. The van der Waals surface area contributed by atoms with Gasteiger partial charge in [0.1, 0.15) is 5.75 Å². The Morgan fingerprint density at radius 3 is 2.61 bits per heavy atom. The first kappa shape index (κ1) is 20.9. The summed E-state index contributed by atoms with van der Waals surface area (Å²) in [6, 6.07) is 20.9. The molecule has 4 aromatic rings. The zero-order chi connectivity index (χ0) is 22.9. The number of benzene rings is 3. The van der Waals surface area contributed by atoms with Gasteiger partial charge in [0, 0.05) is 27.3 Å². The van der Waals surface area contributed by atoms with Gasteiger partial charge in [-0.25, -0.2) is 4.68 Å². The molecule has 0 atom stereocenters. The molecule has 1 amide bonds. The van der Waals surface area contributed by atoms with Crippen LogP contribution in [0, 0.1) is 6.92 Å². The van der Waals surface area contributed by atoms with Crippen LogP contribution in [0.2, 0.25) is 0 Å². The number of ether oxygens (including phenoxy) is 1. The van der Waals surface area contributed by atoms with E-state index in [9.17, 15) is 9.59 Å². The van der Waals surface area contributed by atoms with Crippen molar-refractivity contribution in [3.05, 3.63) is 94.3 Å². The molecule has 1 aliphatic heterocycles. The van der Waals surface area contributed by atoms with E-state index in [0.29, 0.717) is 5.52 Å². The molecule has 33 heavy (non-hydrogen) atoms. The van der Waals surface area contributed by atoms with E-state index in [1.54, 1.807) is 24.9 Å². The molecule has 7 heteroatoms. The normalized spacial score (nSPS) is 12.2. The first-order valence-corrected chi connectivity index (χ1v) is 11.2. The number of methoxy groups -OCH3 is 1. The second kappa shape index (κ2) is 8.52. The van der Waals surface area contributed by atoms with E-state index in [1.807, 2.05) is 67.6 Å². The third-order valence-corrected chi connectivity index (χ3v) is 6.57. The Morgan fingerprint density at radius 2 is 1.82 bits per heavy atom. The largest absolute Gasteiger partial charge is 0.497 e. The quantitative estimate of drug-likeness (QED) is 0.359. The highest BCUT2D eigenvalue weighted by Crippen LogP contribution is 2.46. The molecular formula is C26H21N3O3S. The highest BCUT2D eigenvalue weighted by molar-refractivity contribution is 7.99. The summed E-state index contributed by atoms with van der Waals surface area (Å²) in [5.41, 5.74) is 6.64. The van der Waals surface area contributed by atoms with Crippen LogP contribution >= 0.6 is 11.8 Å². The minimum absolute atomic E-state index is 0.296. The van der Waals surface area contributed by atoms with Crippen molar-refractivity contribution in [2.75, 3.05) is 17.9 Å². The van der Waals surface area contributed by atoms with Gasteiger partial charge in [-0.15, -0.1) is 0 Å². The van der Waals surface area contributed by atoms with Crippen LogP contribution in [0.1, 0.15) is 11.1 Å². The second-order valence-corrected chi connectivity index (χ2v) is 8.76. The molecule has 2 heterocycles. The number of carbonyl (C=O) groups is 1. The molecule has 0 spiro atoms. The number of nitrogens with zero attached hydrogens (tertiary/aromatic N) is 1. The average Bonchev–Trinajstić information content (AvgIpc) is 2.83. The van der Waals surface area contributed by atoms with Gasteiger partial charge in [-0.2, -0.15) is 0 Å². The lowest BCUT2D eigenvalue weighted by Gasteiger charge is -2.23. The number of rotatable bonds is 4. The van der Waals surface area contributed by atoms with Gasteiger partial charge in [-0.05, 0) is 54.5 Å². The van der Waals surface area contributed by atoms with Gasteiger partial charge in [0.05, 0.1) is 24.0 Å². The summed E-state index contributed by atoms with van der Waals surface area (Å²) in [4.78, 5) is 27.5. The fourth-order valence-electron chi connectivity index (χ4n) is 3.78. The first-order valence-electron chi connectivity index (χ1n) is 10.4. The van der Waals surface area contributed by atoms with E-state index in [4.69, 9.17) is 4.74 Å². The van der Waals surface area contributed by atoms with Gasteiger partial charge in [0.15, 0.2) is 0 Å². The Labute approximate surface area is 194 Å². The molecule has 0 radical (unpaired) electrons. The molecule has 164 valence electrons. The number of aryl methyl sites for hydroxylation is 1. The smallest absolute Gasteiger partial charge is 0.270 e. The molecular weight excluding hydrogens is 434 g/mol. The maximum atomic E-state index is 12.8. The minimum Gasteiger partial charge on any atom is -0.497 e. The molecule has 5 rings (SSSR count). The molecule has 0 aliphatic carbocycles. The number of carbonyl (C=O) groups excluding carboxylic acids is 1. The van der Waals surface area contributed by atoms with Crippen molar-refractivity contribution in [1.29, 1.82) is 0 Å². The van der Waals surface area contributed by atoms with Crippen LogP contribution in [-0.4, -0.2) is 17.7 Å². The monoisotopic (exact) mass is 455 g/mol. The summed E-state index contributed by atoms with van der Waals surface area (Å²) in [5, 5.41) is 4.32. The number of fused-ring (bicyclic) bond motifs is 3. The number of aromatic nitrogens is 1. The number of amides is 1. The lowest BCUT2D eigenvalue weighted by Crippen LogP contribution is -2.32. The molecule has 0 saturated carbocycles. The Kier molecular flexibility index (Phi) is 5.40. The van der Waals surface area contributed by atoms with E-state index in [-0.39, 0.29) is 11.5 Å². The van der Waals surface area contributed by atoms with E-state index >= 15 is 0 Å². The lowest BCUT2D eigenvalue weighted by atomic mass is 10.1. The van der Waals surface area contributed by atoms with Gasteiger partial charge in [0.25, 0.3) is 11.5 Å². The third kappa shape index (κ3) is 4.10. The second-order valence-electron chi connectivity index (χ2n) is 7.68. The van der Waals surface area contributed by atoms with Gasteiger partial charge in [-0.1, -0.05) is 42.1 Å². The number of pyridine rings is 1. The van der Waals surface area contributed by atoms with Crippen LogP contribution in [0.4, 0.5) is 11.4 Å². The van der Waals surface area contributed by atoms with Gasteiger partial charge in [-0.3, -0.25) is 15.0 Å². The van der Waals surface area contributed by atoms with Crippen LogP contribution < -0.4 is 21.0 Å². The molecule has 0 unspecified atom stereocenters. The van der Waals surface area contributed by atoms with Crippen LogP contribution in [0.25, 0.3) is 17.0 Å². The fourth-order valence-corrected chi connectivity index (χ4v) is 4.82. The molecule has 3 aromatic carbocycles. The van der Waals surface area contributed by atoms with Gasteiger partial charge in [0.2, 0.25) is 0 Å². The number of nitrogens with one attached hydrogen (secondary N) is 2. The molecule has 1 aromatic heterocycles. The molecule has 1 aliphatic rings. The predicted octanol–water partition coefficient (Wildman–Crippen LogP) is 5.31. The van der Waals surface area contributed by atoms with Crippen molar-refractivity contribution in [3.8, 4) is 5.75 Å². The van der Waals surface area contributed by atoms with Gasteiger partial charge >= 0.3 is 0 Å². The topological polar surface area (TPSA) is 72.4 Å².